The van der Waals surface area contributed by atoms with Crippen molar-refractivity contribution in [3.05, 3.63) is 35.9 Å². The van der Waals surface area contributed by atoms with Crippen molar-refractivity contribution in [3.8, 4) is 0 Å². The van der Waals surface area contributed by atoms with E-state index < -0.39 is 0 Å². The Balaban J connectivity index is 1.31. The van der Waals surface area contributed by atoms with E-state index in [0.717, 1.165) is 11.0 Å². The second-order valence-corrected chi connectivity index (χ2v) is 7.43. The standard InChI is InChI=1S/C17H19FN4OS/c18-12-3-5-13(6-4-12)19-15(23)9-10-24-17-21-20-16(11-1-2-11)22(17)14-7-8-14/h3-6,11,14H,1-2,7-10H2,(H,19,23). The van der Waals surface area contributed by atoms with Crippen LogP contribution in [0.4, 0.5) is 10.1 Å². The molecule has 1 heterocycles. The van der Waals surface area contributed by atoms with E-state index in [2.05, 4.69) is 20.1 Å². The minimum Gasteiger partial charge on any atom is -0.326 e. The van der Waals surface area contributed by atoms with Gasteiger partial charge < -0.3 is 9.88 Å². The van der Waals surface area contributed by atoms with Crippen molar-refractivity contribution < 1.29 is 9.18 Å². The summed E-state index contributed by atoms with van der Waals surface area (Å²) in [4.78, 5) is 12.0. The zero-order valence-electron chi connectivity index (χ0n) is 13.2. The number of hydrogen-bond acceptors (Lipinski definition) is 4. The van der Waals surface area contributed by atoms with E-state index in [-0.39, 0.29) is 11.7 Å². The molecule has 7 heteroatoms. The summed E-state index contributed by atoms with van der Waals surface area (Å²) in [6.07, 6.45) is 5.23. The largest absolute Gasteiger partial charge is 0.326 e. The molecule has 2 aromatic rings. The predicted molar refractivity (Wildman–Crippen MR) is 90.6 cm³/mol. The summed E-state index contributed by atoms with van der Waals surface area (Å²) < 4.78 is 15.1. The van der Waals surface area contributed by atoms with Crippen molar-refractivity contribution in [2.45, 2.75) is 49.2 Å². The minimum absolute atomic E-state index is 0.0750. The van der Waals surface area contributed by atoms with E-state index >= 15 is 0 Å². The summed E-state index contributed by atoms with van der Waals surface area (Å²) in [7, 11) is 0. The molecule has 0 radical (unpaired) electrons. The quantitative estimate of drug-likeness (QED) is 0.776. The lowest BCUT2D eigenvalue weighted by atomic mass is 10.3. The fourth-order valence-electron chi connectivity index (χ4n) is 2.67. The van der Waals surface area contributed by atoms with Crippen LogP contribution in [0, 0.1) is 5.82 Å². The van der Waals surface area contributed by atoms with E-state index in [1.54, 1.807) is 23.9 Å². The number of carbonyl (C=O) groups is 1. The van der Waals surface area contributed by atoms with Crippen LogP contribution in [0.25, 0.3) is 0 Å². The van der Waals surface area contributed by atoms with Gasteiger partial charge in [-0.3, -0.25) is 4.79 Å². The lowest BCUT2D eigenvalue weighted by Gasteiger charge is -2.08. The molecule has 0 bridgehead atoms. The Morgan fingerprint density at radius 2 is 1.96 bits per heavy atom. The highest BCUT2D eigenvalue weighted by Gasteiger charge is 2.36. The second-order valence-electron chi connectivity index (χ2n) is 6.37. The first-order chi connectivity index (χ1) is 11.7. The van der Waals surface area contributed by atoms with Gasteiger partial charge in [0.2, 0.25) is 5.91 Å². The van der Waals surface area contributed by atoms with Gasteiger partial charge >= 0.3 is 0 Å². The Morgan fingerprint density at radius 3 is 2.62 bits per heavy atom. The van der Waals surface area contributed by atoms with Crippen molar-refractivity contribution in [1.29, 1.82) is 0 Å². The average Bonchev–Trinajstić information content (AvgIpc) is 3.49. The second kappa shape index (κ2) is 6.55. The topological polar surface area (TPSA) is 59.8 Å². The highest BCUT2D eigenvalue weighted by atomic mass is 32.2. The third-order valence-electron chi connectivity index (χ3n) is 4.23. The Kier molecular flexibility index (Phi) is 4.26. The molecule has 0 atom stereocenters. The number of nitrogens with zero attached hydrogens (tertiary/aromatic N) is 3. The van der Waals surface area contributed by atoms with Crippen molar-refractivity contribution in [1.82, 2.24) is 14.8 Å². The van der Waals surface area contributed by atoms with E-state index in [9.17, 15) is 9.18 Å². The van der Waals surface area contributed by atoms with Crippen LogP contribution >= 0.6 is 11.8 Å². The molecule has 1 amide bonds. The molecule has 126 valence electrons. The maximum atomic E-state index is 12.9. The highest BCUT2D eigenvalue weighted by Crippen LogP contribution is 2.46. The number of rotatable bonds is 7. The van der Waals surface area contributed by atoms with Crippen LogP contribution in [0.5, 0.6) is 0 Å². The van der Waals surface area contributed by atoms with Crippen LogP contribution in [-0.2, 0) is 4.79 Å². The molecule has 24 heavy (non-hydrogen) atoms. The fraction of sp³-hybridized carbons (Fsp3) is 0.471. The first kappa shape index (κ1) is 15.6. The number of anilines is 1. The maximum absolute atomic E-state index is 12.9. The van der Waals surface area contributed by atoms with Gasteiger partial charge in [0.15, 0.2) is 5.16 Å². The summed E-state index contributed by atoms with van der Waals surface area (Å²) in [5.74, 6) is 2.00. The average molecular weight is 346 g/mol. The van der Waals surface area contributed by atoms with Crippen LogP contribution in [0.1, 0.15) is 49.9 Å². The number of hydrogen-bond donors (Lipinski definition) is 1. The smallest absolute Gasteiger partial charge is 0.225 e. The molecule has 0 unspecified atom stereocenters. The van der Waals surface area contributed by atoms with E-state index in [4.69, 9.17) is 0 Å². The molecular weight excluding hydrogens is 327 g/mol. The molecule has 2 aliphatic carbocycles. The first-order valence-corrected chi connectivity index (χ1v) is 9.32. The predicted octanol–water partition coefficient (Wildman–Crippen LogP) is 3.75. The molecule has 2 saturated carbocycles. The molecule has 2 fully saturated rings. The summed E-state index contributed by atoms with van der Waals surface area (Å²) in [6.45, 7) is 0. The first-order valence-electron chi connectivity index (χ1n) is 8.34. The lowest BCUT2D eigenvalue weighted by molar-refractivity contribution is -0.115. The van der Waals surface area contributed by atoms with Gasteiger partial charge in [-0.05, 0) is 49.9 Å². The normalized spacial score (nSPS) is 17.0. The number of amides is 1. The maximum Gasteiger partial charge on any atom is 0.225 e. The van der Waals surface area contributed by atoms with Crippen LogP contribution in [0.15, 0.2) is 29.4 Å². The molecule has 2 aliphatic rings. The fourth-order valence-corrected chi connectivity index (χ4v) is 3.62. The summed E-state index contributed by atoms with van der Waals surface area (Å²) >= 11 is 1.59. The molecule has 4 rings (SSSR count). The van der Waals surface area contributed by atoms with Crippen LogP contribution in [0.2, 0.25) is 0 Å². The SMILES string of the molecule is O=C(CCSc1nnc(C2CC2)n1C1CC1)Nc1ccc(F)cc1. The number of aromatic nitrogens is 3. The van der Waals surface area contributed by atoms with Gasteiger partial charge in [-0.2, -0.15) is 0 Å². The van der Waals surface area contributed by atoms with Crippen molar-refractivity contribution in [2.24, 2.45) is 0 Å². The van der Waals surface area contributed by atoms with Gasteiger partial charge in [0.1, 0.15) is 11.6 Å². The molecule has 0 spiro atoms. The van der Waals surface area contributed by atoms with Crippen LogP contribution in [0.3, 0.4) is 0 Å². The molecule has 0 aliphatic heterocycles. The summed E-state index contributed by atoms with van der Waals surface area (Å²) in [5.41, 5.74) is 0.614. The summed E-state index contributed by atoms with van der Waals surface area (Å²) in [5, 5.41) is 12.4. The number of nitrogens with one attached hydrogen (secondary N) is 1. The number of benzene rings is 1. The zero-order valence-corrected chi connectivity index (χ0v) is 14.1. The van der Waals surface area contributed by atoms with Crippen molar-refractivity contribution in [3.63, 3.8) is 0 Å². The third kappa shape index (κ3) is 3.61. The van der Waals surface area contributed by atoms with Crippen LogP contribution in [-0.4, -0.2) is 26.4 Å². The van der Waals surface area contributed by atoms with Gasteiger partial charge in [-0.1, -0.05) is 11.8 Å². The van der Waals surface area contributed by atoms with Gasteiger partial charge in [-0.25, -0.2) is 4.39 Å². The molecule has 1 N–H and O–H groups in total. The van der Waals surface area contributed by atoms with E-state index in [1.165, 1.54) is 37.8 Å². The summed E-state index contributed by atoms with van der Waals surface area (Å²) in [6, 6.07) is 6.35. The van der Waals surface area contributed by atoms with Crippen LogP contribution < -0.4 is 5.32 Å². The molecule has 1 aromatic heterocycles. The lowest BCUT2D eigenvalue weighted by Crippen LogP contribution is -2.12. The highest BCUT2D eigenvalue weighted by molar-refractivity contribution is 7.99. The van der Waals surface area contributed by atoms with E-state index in [1.807, 2.05) is 0 Å². The third-order valence-corrected chi connectivity index (χ3v) is 5.18. The zero-order chi connectivity index (χ0) is 16.5. The monoisotopic (exact) mass is 346 g/mol. The van der Waals surface area contributed by atoms with Crippen molar-refractivity contribution in [2.75, 3.05) is 11.1 Å². The van der Waals surface area contributed by atoms with Gasteiger partial charge in [0, 0.05) is 29.8 Å². The minimum atomic E-state index is -0.311. The Bertz CT molecular complexity index is 738. The Hall–Kier alpha value is -1.89. The molecule has 5 nitrogen and oxygen atoms in total. The number of halogens is 1. The Labute approximate surface area is 144 Å². The van der Waals surface area contributed by atoms with Crippen molar-refractivity contribution >= 4 is 23.4 Å². The molecule has 1 aromatic carbocycles. The molecule has 0 saturated heterocycles. The number of carbonyl (C=O) groups excluding carboxylic acids is 1. The number of thioether (sulfide) groups is 1. The van der Waals surface area contributed by atoms with E-state index in [0.29, 0.717) is 29.8 Å². The molecular formula is C17H19FN4OS. The Morgan fingerprint density at radius 1 is 1.21 bits per heavy atom. The van der Waals surface area contributed by atoms with Gasteiger partial charge in [0.25, 0.3) is 0 Å². The van der Waals surface area contributed by atoms with Gasteiger partial charge in [0.05, 0.1) is 0 Å². The van der Waals surface area contributed by atoms with Gasteiger partial charge in [-0.15, -0.1) is 10.2 Å².